The van der Waals surface area contributed by atoms with Crippen LogP contribution in [0, 0.1) is 6.92 Å². The molecule has 0 aliphatic carbocycles. The predicted octanol–water partition coefficient (Wildman–Crippen LogP) is 5.61. The molecule has 5 nitrogen and oxygen atoms in total. The van der Waals surface area contributed by atoms with Crippen molar-refractivity contribution in [3.63, 3.8) is 0 Å². The van der Waals surface area contributed by atoms with E-state index in [0.29, 0.717) is 11.9 Å². The Balaban J connectivity index is 1.47. The van der Waals surface area contributed by atoms with Gasteiger partial charge in [0.2, 0.25) is 0 Å². The van der Waals surface area contributed by atoms with E-state index in [1.807, 2.05) is 54.8 Å². The number of hydrogen-bond donors (Lipinski definition) is 0. The van der Waals surface area contributed by atoms with Crippen molar-refractivity contribution in [2.75, 3.05) is 7.11 Å². The van der Waals surface area contributed by atoms with Crippen LogP contribution < -0.4 is 10.3 Å². The first-order chi connectivity index (χ1) is 15.1. The van der Waals surface area contributed by atoms with Crippen molar-refractivity contribution in [3.8, 4) is 26.8 Å². The molecule has 0 spiro atoms. The molecular formula is C24H19N3O2S2. The highest BCUT2D eigenvalue weighted by Crippen LogP contribution is 2.35. The number of rotatable bonds is 5. The zero-order chi connectivity index (χ0) is 21.4. The molecular weight excluding hydrogens is 426 g/mol. The van der Waals surface area contributed by atoms with Crippen LogP contribution in [0.2, 0.25) is 0 Å². The minimum Gasteiger partial charge on any atom is -0.497 e. The lowest BCUT2D eigenvalue weighted by molar-refractivity contribution is 0.415. The van der Waals surface area contributed by atoms with Gasteiger partial charge < -0.3 is 4.74 Å². The molecule has 0 radical (unpaired) electrons. The van der Waals surface area contributed by atoms with Crippen molar-refractivity contribution in [3.05, 3.63) is 87.9 Å². The van der Waals surface area contributed by atoms with Gasteiger partial charge in [0.15, 0.2) is 0 Å². The first-order valence-electron chi connectivity index (χ1n) is 9.77. The van der Waals surface area contributed by atoms with E-state index in [0.717, 1.165) is 42.8 Å². The molecule has 0 saturated carbocycles. The smallest absolute Gasteiger partial charge is 0.262 e. The summed E-state index contributed by atoms with van der Waals surface area (Å²) in [5, 5.41) is 3.60. The Morgan fingerprint density at radius 2 is 1.81 bits per heavy atom. The van der Waals surface area contributed by atoms with Crippen molar-refractivity contribution in [1.82, 2.24) is 14.5 Å². The number of fused-ring (bicyclic) bond motifs is 1. The molecule has 0 unspecified atom stereocenters. The van der Waals surface area contributed by atoms with Gasteiger partial charge in [-0.1, -0.05) is 30.3 Å². The van der Waals surface area contributed by atoms with Crippen LogP contribution in [0.1, 0.15) is 11.3 Å². The van der Waals surface area contributed by atoms with Gasteiger partial charge in [-0.15, -0.1) is 22.7 Å². The zero-order valence-electron chi connectivity index (χ0n) is 17.0. The van der Waals surface area contributed by atoms with Crippen molar-refractivity contribution < 1.29 is 4.74 Å². The lowest BCUT2D eigenvalue weighted by Crippen LogP contribution is -2.21. The summed E-state index contributed by atoms with van der Waals surface area (Å²) in [6, 6.07) is 17.9. The van der Waals surface area contributed by atoms with Crippen LogP contribution in [0.15, 0.2) is 71.1 Å². The van der Waals surface area contributed by atoms with Crippen molar-refractivity contribution in [1.29, 1.82) is 0 Å². The quantitative estimate of drug-likeness (QED) is 0.353. The Bertz CT molecular complexity index is 1420. The standard InChI is InChI=1S/C24H19N3O2S2/c1-15-20-23(31-21(15)16-6-4-3-5-7-16)25-14-27(24(20)28)12-18-13-30-22(26-18)17-8-10-19(29-2)11-9-17/h3-11,13-14H,12H2,1-2H3. The number of thiazole rings is 1. The maximum Gasteiger partial charge on any atom is 0.262 e. The van der Waals surface area contributed by atoms with Crippen molar-refractivity contribution in [2.45, 2.75) is 13.5 Å². The van der Waals surface area contributed by atoms with Crippen LogP contribution in [0.25, 0.3) is 31.2 Å². The molecule has 0 amide bonds. The number of benzene rings is 2. The Hall–Kier alpha value is -3.29. The number of hydrogen-bond acceptors (Lipinski definition) is 6. The average Bonchev–Trinajstić information content (AvgIpc) is 3.41. The first kappa shape index (κ1) is 19.7. The van der Waals surface area contributed by atoms with Crippen molar-refractivity contribution >= 4 is 32.9 Å². The molecule has 0 N–H and O–H groups in total. The second-order valence-electron chi connectivity index (χ2n) is 7.15. The average molecular weight is 446 g/mol. The molecule has 0 saturated heterocycles. The normalized spacial score (nSPS) is 11.2. The second kappa shape index (κ2) is 8.09. The van der Waals surface area contributed by atoms with Crippen LogP contribution in [-0.4, -0.2) is 21.6 Å². The maximum atomic E-state index is 13.2. The monoisotopic (exact) mass is 445 g/mol. The summed E-state index contributed by atoms with van der Waals surface area (Å²) in [6.45, 7) is 2.39. The highest BCUT2D eigenvalue weighted by molar-refractivity contribution is 7.22. The van der Waals surface area contributed by atoms with Gasteiger partial charge in [-0.25, -0.2) is 9.97 Å². The van der Waals surface area contributed by atoms with E-state index in [9.17, 15) is 4.79 Å². The molecule has 5 rings (SSSR count). The van der Waals surface area contributed by atoms with E-state index in [1.165, 1.54) is 0 Å². The summed E-state index contributed by atoms with van der Waals surface area (Å²) in [7, 11) is 1.65. The predicted molar refractivity (Wildman–Crippen MR) is 127 cm³/mol. The van der Waals surface area contributed by atoms with Crippen LogP contribution in [-0.2, 0) is 6.54 Å². The first-order valence-corrected chi connectivity index (χ1v) is 11.5. The Morgan fingerprint density at radius 3 is 2.55 bits per heavy atom. The number of methoxy groups -OCH3 is 1. The molecule has 31 heavy (non-hydrogen) atoms. The van der Waals surface area contributed by atoms with Gasteiger partial charge in [-0.05, 0) is 42.3 Å². The summed E-state index contributed by atoms with van der Waals surface area (Å²) in [5.41, 5.74) is 3.93. The zero-order valence-corrected chi connectivity index (χ0v) is 18.7. The highest BCUT2D eigenvalue weighted by atomic mass is 32.1. The fraction of sp³-hybridized carbons (Fsp3) is 0.125. The minimum atomic E-state index is -0.0278. The van der Waals surface area contributed by atoms with E-state index in [1.54, 1.807) is 40.7 Å². The Morgan fingerprint density at radius 1 is 1.03 bits per heavy atom. The van der Waals surface area contributed by atoms with Crippen LogP contribution >= 0.6 is 22.7 Å². The largest absolute Gasteiger partial charge is 0.497 e. The van der Waals surface area contributed by atoms with Gasteiger partial charge >= 0.3 is 0 Å². The van der Waals surface area contributed by atoms with Gasteiger partial charge in [-0.2, -0.15) is 0 Å². The molecule has 0 aliphatic rings. The molecule has 3 heterocycles. The van der Waals surface area contributed by atoms with E-state index < -0.39 is 0 Å². The lowest BCUT2D eigenvalue weighted by Gasteiger charge is -2.03. The fourth-order valence-electron chi connectivity index (χ4n) is 3.56. The third-order valence-electron chi connectivity index (χ3n) is 5.17. The molecule has 3 aromatic heterocycles. The topological polar surface area (TPSA) is 57.0 Å². The second-order valence-corrected chi connectivity index (χ2v) is 9.01. The molecule has 154 valence electrons. The molecule has 0 bridgehead atoms. The molecule has 2 aromatic carbocycles. The summed E-state index contributed by atoms with van der Waals surface area (Å²) in [5.74, 6) is 0.812. The number of aromatic nitrogens is 3. The van der Waals surface area contributed by atoms with Gasteiger partial charge in [0, 0.05) is 15.8 Å². The van der Waals surface area contributed by atoms with E-state index in [2.05, 4.69) is 17.1 Å². The summed E-state index contributed by atoms with van der Waals surface area (Å²) in [6.07, 6.45) is 1.63. The van der Waals surface area contributed by atoms with Gasteiger partial charge in [-0.3, -0.25) is 9.36 Å². The molecule has 5 aromatic rings. The SMILES string of the molecule is COc1ccc(-c2nc(Cn3cnc4sc(-c5ccccc5)c(C)c4c3=O)cs2)cc1. The fourth-order valence-corrected chi connectivity index (χ4v) is 5.52. The number of nitrogens with zero attached hydrogens (tertiary/aromatic N) is 3. The lowest BCUT2D eigenvalue weighted by atomic mass is 10.1. The molecule has 7 heteroatoms. The summed E-state index contributed by atoms with van der Waals surface area (Å²) >= 11 is 3.13. The molecule has 0 aliphatic heterocycles. The van der Waals surface area contributed by atoms with Crippen molar-refractivity contribution in [2.24, 2.45) is 0 Å². The molecule has 0 atom stereocenters. The number of thiophene rings is 1. The van der Waals surface area contributed by atoms with Crippen LogP contribution in [0.4, 0.5) is 0 Å². The number of ether oxygens (including phenoxy) is 1. The third kappa shape index (κ3) is 3.66. The van der Waals surface area contributed by atoms with Crippen LogP contribution in [0.3, 0.4) is 0 Å². The van der Waals surface area contributed by atoms with E-state index >= 15 is 0 Å². The molecule has 0 fully saturated rings. The van der Waals surface area contributed by atoms with Gasteiger partial charge in [0.25, 0.3) is 5.56 Å². The third-order valence-corrected chi connectivity index (χ3v) is 7.36. The van der Waals surface area contributed by atoms with Crippen LogP contribution in [0.5, 0.6) is 5.75 Å². The maximum absolute atomic E-state index is 13.2. The van der Waals surface area contributed by atoms with E-state index in [-0.39, 0.29) is 5.56 Å². The Labute approximate surface area is 187 Å². The van der Waals surface area contributed by atoms with E-state index in [4.69, 9.17) is 9.72 Å². The Kier molecular flexibility index (Phi) is 5.13. The highest BCUT2D eigenvalue weighted by Gasteiger charge is 2.16. The van der Waals surface area contributed by atoms with Gasteiger partial charge in [0.1, 0.15) is 15.6 Å². The van der Waals surface area contributed by atoms with Gasteiger partial charge in [0.05, 0.1) is 31.1 Å². The summed E-state index contributed by atoms with van der Waals surface area (Å²) < 4.78 is 6.86. The number of aryl methyl sites for hydroxylation is 1. The summed E-state index contributed by atoms with van der Waals surface area (Å²) in [4.78, 5) is 24.4. The minimum absolute atomic E-state index is 0.0278.